The van der Waals surface area contributed by atoms with E-state index in [-0.39, 0.29) is 5.91 Å². The van der Waals surface area contributed by atoms with Gasteiger partial charge in [-0.25, -0.2) is 4.98 Å². The maximum absolute atomic E-state index is 11.3. The zero-order valence-electron chi connectivity index (χ0n) is 12.2. The number of nitrogens with one attached hydrogen (secondary N) is 2. The molecule has 0 spiro atoms. The molecule has 1 aromatic heterocycles. The van der Waals surface area contributed by atoms with Crippen LogP contribution >= 0.6 is 0 Å². The Morgan fingerprint density at radius 1 is 1.29 bits per heavy atom. The third kappa shape index (κ3) is 3.24. The Morgan fingerprint density at radius 2 is 2.00 bits per heavy atom. The average Bonchev–Trinajstić information content (AvgIpc) is 3.03. The first-order valence-corrected chi connectivity index (χ1v) is 7.33. The monoisotopic (exact) mass is 284 g/mol. The first kappa shape index (κ1) is 13.7. The standard InChI is InChI=1S/C16H20N4O/c1-12(21)20-8-6-15(7-9-20)19-14-4-2-13(3-5-14)16-10-17-11-18-16/h2-5,10-11,15,19H,6-9H2,1H3,(H,17,18). The van der Waals surface area contributed by atoms with E-state index >= 15 is 0 Å². The zero-order chi connectivity index (χ0) is 14.7. The van der Waals surface area contributed by atoms with Gasteiger partial charge < -0.3 is 15.2 Å². The highest BCUT2D eigenvalue weighted by molar-refractivity contribution is 5.73. The third-order valence-corrected chi connectivity index (χ3v) is 4.01. The lowest BCUT2D eigenvalue weighted by atomic mass is 10.0. The van der Waals surface area contributed by atoms with Crippen LogP contribution in [0, 0.1) is 0 Å². The van der Waals surface area contributed by atoms with Crippen molar-refractivity contribution in [3.8, 4) is 11.3 Å². The number of H-pyrrole nitrogens is 1. The number of hydrogen-bond donors (Lipinski definition) is 2. The van der Waals surface area contributed by atoms with Crippen molar-refractivity contribution in [3.05, 3.63) is 36.8 Å². The summed E-state index contributed by atoms with van der Waals surface area (Å²) in [5.41, 5.74) is 3.28. The van der Waals surface area contributed by atoms with Gasteiger partial charge in [-0.15, -0.1) is 0 Å². The lowest BCUT2D eigenvalue weighted by molar-refractivity contribution is -0.129. The van der Waals surface area contributed by atoms with Gasteiger partial charge in [0.25, 0.3) is 0 Å². The summed E-state index contributed by atoms with van der Waals surface area (Å²) in [5, 5.41) is 3.55. The number of aromatic amines is 1. The predicted octanol–water partition coefficient (Wildman–Crippen LogP) is 2.50. The number of hydrogen-bond acceptors (Lipinski definition) is 3. The minimum Gasteiger partial charge on any atom is -0.382 e. The van der Waals surface area contributed by atoms with Crippen molar-refractivity contribution >= 4 is 11.6 Å². The molecule has 1 aliphatic rings. The Bertz CT molecular complexity index is 583. The molecule has 5 heteroatoms. The van der Waals surface area contributed by atoms with Crippen LogP contribution in [0.1, 0.15) is 19.8 Å². The van der Waals surface area contributed by atoms with Crippen LogP contribution in [0.3, 0.4) is 0 Å². The first-order chi connectivity index (χ1) is 10.2. The number of rotatable bonds is 3. The highest BCUT2D eigenvalue weighted by atomic mass is 16.2. The molecule has 0 atom stereocenters. The molecule has 3 rings (SSSR count). The fourth-order valence-electron chi connectivity index (χ4n) is 2.73. The summed E-state index contributed by atoms with van der Waals surface area (Å²) in [5.74, 6) is 0.178. The van der Waals surface area contributed by atoms with Crippen molar-refractivity contribution < 1.29 is 4.79 Å². The molecule has 1 amide bonds. The van der Waals surface area contributed by atoms with E-state index < -0.39 is 0 Å². The maximum atomic E-state index is 11.3. The van der Waals surface area contributed by atoms with E-state index in [1.54, 1.807) is 13.3 Å². The first-order valence-electron chi connectivity index (χ1n) is 7.33. The van der Waals surface area contributed by atoms with Crippen LogP contribution in [-0.4, -0.2) is 39.9 Å². The molecule has 0 saturated carbocycles. The van der Waals surface area contributed by atoms with Crippen molar-refractivity contribution in [1.82, 2.24) is 14.9 Å². The van der Waals surface area contributed by atoms with Crippen LogP contribution in [0.4, 0.5) is 5.69 Å². The predicted molar refractivity (Wildman–Crippen MR) is 82.9 cm³/mol. The minimum absolute atomic E-state index is 0.178. The summed E-state index contributed by atoms with van der Waals surface area (Å²) in [6.45, 7) is 3.33. The van der Waals surface area contributed by atoms with Crippen molar-refractivity contribution in [2.75, 3.05) is 18.4 Å². The largest absolute Gasteiger partial charge is 0.382 e. The normalized spacial score (nSPS) is 16.0. The molecule has 1 aromatic carbocycles. The Labute approximate surface area is 124 Å². The Morgan fingerprint density at radius 3 is 2.57 bits per heavy atom. The van der Waals surface area contributed by atoms with Gasteiger partial charge in [0.15, 0.2) is 0 Å². The van der Waals surface area contributed by atoms with Crippen LogP contribution in [0.15, 0.2) is 36.8 Å². The van der Waals surface area contributed by atoms with E-state index in [1.807, 2.05) is 11.1 Å². The highest BCUT2D eigenvalue weighted by Gasteiger charge is 2.20. The van der Waals surface area contributed by atoms with Crippen molar-refractivity contribution in [2.24, 2.45) is 0 Å². The van der Waals surface area contributed by atoms with Gasteiger partial charge in [0.05, 0.1) is 18.2 Å². The molecule has 110 valence electrons. The van der Waals surface area contributed by atoms with Crippen LogP contribution in [0.25, 0.3) is 11.3 Å². The van der Waals surface area contributed by atoms with E-state index in [9.17, 15) is 4.79 Å². The number of carbonyl (C=O) groups is 1. The van der Waals surface area contributed by atoms with Crippen LogP contribution in [-0.2, 0) is 4.79 Å². The lowest BCUT2D eigenvalue weighted by Gasteiger charge is -2.32. The molecule has 1 saturated heterocycles. The Kier molecular flexibility index (Phi) is 3.90. The molecule has 1 fully saturated rings. The van der Waals surface area contributed by atoms with Gasteiger partial charge in [-0.2, -0.15) is 0 Å². The zero-order valence-corrected chi connectivity index (χ0v) is 12.2. The van der Waals surface area contributed by atoms with Crippen LogP contribution < -0.4 is 5.32 Å². The number of imidazole rings is 1. The SMILES string of the molecule is CC(=O)N1CCC(Nc2ccc(-c3cnc[nH]3)cc2)CC1. The molecular weight excluding hydrogens is 264 g/mol. The van der Waals surface area contributed by atoms with Gasteiger partial charge >= 0.3 is 0 Å². The molecule has 1 aliphatic heterocycles. The van der Waals surface area contributed by atoms with E-state index in [0.29, 0.717) is 6.04 Å². The van der Waals surface area contributed by atoms with E-state index in [1.165, 1.54) is 0 Å². The number of nitrogens with zero attached hydrogens (tertiary/aromatic N) is 2. The molecule has 0 radical (unpaired) electrons. The summed E-state index contributed by atoms with van der Waals surface area (Å²) in [7, 11) is 0. The van der Waals surface area contributed by atoms with Gasteiger partial charge in [-0.3, -0.25) is 4.79 Å². The summed E-state index contributed by atoms with van der Waals surface area (Å²) in [6, 6.07) is 8.79. The van der Waals surface area contributed by atoms with Gasteiger partial charge in [0, 0.05) is 31.7 Å². The number of aromatic nitrogens is 2. The van der Waals surface area contributed by atoms with Crippen LogP contribution in [0.5, 0.6) is 0 Å². The summed E-state index contributed by atoms with van der Waals surface area (Å²) < 4.78 is 0. The third-order valence-electron chi connectivity index (χ3n) is 4.01. The molecule has 2 heterocycles. The summed E-state index contributed by atoms with van der Waals surface area (Å²) in [4.78, 5) is 20.4. The van der Waals surface area contributed by atoms with Crippen molar-refractivity contribution in [3.63, 3.8) is 0 Å². The highest BCUT2D eigenvalue weighted by Crippen LogP contribution is 2.21. The minimum atomic E-state index is 0.178. The van der Waals surface area contributed by atoms with Crippen molar-refractivity contribution in [1.29, 1.82) is 0 Å². The van der Waals surface area contributed by atoms with E-state index in [2.05, 4.69) is 39.6 Å². The summed E-state index contributed by atoms with van der Waals surface area (Å²) in [6.07, 6.45) is 5.51. The summed E-state index contributed by atoms with van der Waals surface area (Å²) >= 11 is 0. The van der Waals surface area contributed by atoms with Gasteiger partial charge in [-0.1, -0.05) is 12.1 Å². The second-order valence-corrected chi connectivity index (χ2v) is 5.47. The molecule has 0 unspecified atom stereocenters. The topological polar surface area (TPSA) is 61.0 Å². The molecule has 0 aliphatic carbocycles. The average molecular weight is 284 g/mol. The maximum Gasteiger partial charge on any atom is 0.219 e. The molecular formula is C16H20N4O. The lowest BCUT2D eigenvalue weighted by Crippen LogP contribution is -2.41. The number of carbonyl (C=O) groups excluding carboxylic acids is 1. The van der Waals surface area contributed by atoms with E-state index in [4.69, 9.17) is 0 Å². The Hall–Kier alpha value is -2.30. The number of benzene rings is 1. The Balaban J connectivity index is 1.58. The number of anilines is 1. The fraction of sp³-hybridized carbons (Fsp3) is 0.375. The number of piperidine rings is 1. The molecule has 2 aromatic rings. The van der Waals surface area contributed by atoms with Crippen molar-refractivity contribution in [2.45, 2.75) is 25.8 Å². The second kappa shape index (κ2) is 5.99. The van der Waals surface area contributed by atoms with Gasteiger partial charge in [0.2, 0.25) is 5.91 Å². The molecule has 0 bridgehead atoms. The second-order valence-electron chi connectivity index (χ2n) is 5.47. The quantitative estimate of drug-likeness (QED) is 0.910. The molecule has 21 heavy (non-hydrogen) atoms. The van der Waals surface area contributed by atoms with Gasteiger partial charge in [0.1, 0.15) is 0 Å². The van der Waals surface area contributed by atoms with Crippen LogP contribution in [0.2, 0.25) is 0 Å². The number of amides is 1. The number of likely N-dealkylation sites (tertiary alicyclic amines) is 1. The van der Waals surface area contributed by atoms with Gasteiger partial charge in [-0.05, 0) is 30.5 Å². The molecule has 2 N–H and O–H groups in total. The van der Waals surface area contributed by atoms with E-state index in [0.717, 1.165) is 42.9 Å². The molecule has 5 nitrogen and oxygen atoms in total. The fourth-order valence-corrected chi connectivity index (χ4v) is 2.73. The smallest absolute Gasteiger partial charge is 0.219 e.